The summed E-state index contributed by atoms with van der Waals surface area (Å²) in [5.74, 6) is 0.228. The Hall–Kier alpha value is -2.20. The van der Waals surface area contributed by atoms with E-state index < -0.39 is 0 Å². The maximum atomic E-state index is 13.9. The first-order valence-corrected chi connectivity index (χ1v) is 9.58. The molecular weight excluding hydrogens is 499 g/mol. The summed E-state index contributed by atoms with van der Waals surface area (Å²) in [5, 5.41) is 7.41. The van der Waals surface area contributed by atoms with Crippen LogP contribution in [0, 0.1) is 11.6 Å². The van der Waals surface area contributed by atoms with Crippen molar-refractivity contribution in [2.45, 2.75) is 19.5 Å². The maximum absolute atomic E-state index is 13.9. The Balaban J connectivity index is 0.00000320. The zero-order chi connectivity index (χ0) is 20.8. The van der Waals surface area contributed by atoms with Crippen molar-refractivity contribution in [3.8, 4) is 0 Å². The highest BCUT2D eigenvalue weighted by molar-refractivity contribution is 14.0. The van der Waals surface area contributed by atoms with Crippen molar-refractivity contribution >= 4 is 40.8 Å². The lowest BCUT2D eigenvalue weighted by Gasteiger charge is -2.14. The Morgan fingerprint density at radius 3 is 2.60 bits per heavy atom. The number of aromatic nitrogens is 1. The van der Waals surface area contributed by atoms with Crippen LogP contribution in [0.4, 0.5) is 8.78 Å². The van der Waals surface area contributed by atoms with E-state index in [1.54, 1.807) is 25.2 Å². The number of H-pyrrole nitrogens is 1. The summed E-state index contributed by atoms with van der Waals surface area (Å²) in [4.78, 5) is 9.33. The molecule has 3 rings (SSSR count). The first-order valence-electron chi connectivity index (χ1n) is 9.58. The van der Waals surface area contributed by atoms with Crippen LogP contribution < -0.4 is 10.6 Å². The summed E-state index contributed by atoms with van der Waals surface area (Å²) in [5.41, 5.74) is 3.63. The lowest BCUT2D eigenvalue weighted by molar-refractivity contribution is 0.392. The quantitative estimate of drug-likeness (QED) is 0.247. The molecule has 0 amide bonds. The van der Waals surface area contributed by atoms with Crippen molar-refractivity contribution in [1.29, 1.82) is 0 Å². The summed E-state index contributed by atoms with van der Waals surface area (Å²) in [6.45, 7) is 1.75. The van der Waals surface area contributed by atoms with Gasteiger partial charge in [0.15, 0.2) is 5.96 Å². The number of rotatable bonds is 7. The van der Waals surface area contributed by atoms with Gasteiger partial charge in [0.1, 0.15) is 11.6 Å². The van der Waals surface area contributed by atoms with Crippen molar-refractivity contribution in [1.82, 2.24) is 20.5 Å². The number of benzene rings is 2. The molecule has 8 heteroatoms. The van der Waals surface area contributed by atoms with E-state index in [4.69, 9.17) is 0 Å². The van der Waals surface area contributed by atoms with Crippen LogP contribution >= 0.6 is 24.0 Å². The number of hydrogen-bond donors (Lipinski definition) is 3. The monoisotopic (exact) mass is 527 g/mol. The summed E-state index contributed by atoms with van der Waals surface area (Å²) in [6, 6.07) is 9.89. The number of hydrogen-bond acceptors (Lipinski definition) is 2. The fourth-order valence-corrected chi connectivity index (χ4v) is 3.28. The molecule has 3 aromatic rings. The van der Waals surface area contributed by atoms with Crippen LogP contribution in [-0.4, -0.2) is 43.5 Å². The minimum Gasteiger partial charge on any atom is -0.361 e. The molecule has 0 bridgehead atoms. The van der Waals surface area contributed by atoms with Crippen LogP contribution in [0.3, 0.4) is 0 Å². The predicted octanol–water partition coefficient (Wildman–Crippen LogP) is 4.03. The van der Waals surface area contributed by atoms with Crippen LogP contribution in [-0.2, 0) is 19.5 Å². The van der Waals surface area contributed by atoms with E-state index >= 15 is 0 Å². The van der Waals surface area contributed by atoms with Gasteiger partial charge in [0.05, 0.1) is 0 Å². The smallest absolute Gasteiger partial charge is 0.191 e. The number of nitrogens with zero attached hydrogens (tertiary/aromatic N) is 2. The van der Waals surface area contributed by atoms with Crippen molar-refractivity contribution in [2.24, 2.45) is 4.99 Å². The maximum Gasteiger partial charge on any atom is 0.191 e. The first-order chi connectivity index (χ1) is 14.0. The fraction of sp³-hybridized carbons (Fsp3) is 0.318. The molecule has 1 heterocycles. The van der Waals surface area contributed by atoms with Gasteiger partial charge in [0, 0.05) is 49.3 Å². The highest BCUT2D eigenvalue weighted by Crippen LogP contribution is 2.19. The molecule has 0 atom stereocenters. The lowest BCUT2D eigenvalue weighted by Crippen LogP contribution is -2.37. The highest BCUT2D eigenvalue weighted by atomic mass is 127. The van der Waals surface area contributed by atoms with E-state index in [-0.39, 0.29) is 35.6 Å². The van der Waals surface area contributed by atoms with Gasteiger partial charge in [0.2, 0.25) is 0 Å². The molecule has 0 spiro atoms. The minimum absolute atomic E-state index is 0. The zero-order valence-electron chi connectivity index (χ0n) is 17.4. The molecule has 0 aliphatic carbocycles. The van der Waals surface area contributed by atoms with E-state index in [0.717, 1.165) is 28.5 Å². The van der Waals surface area contributed by atoms with Gasteiger partial charge in [-0.25, -0.2) is 8.78 Å². The number of guanidine groups is 1. The number of fused-ring (bicyclic) bond motifs is 1. The Bertz CT molecular complexity index is 1000. The van der Waals surface area contributed by atoms with Crippen molar-refractivity contribution in [2.75, 3.05) is 27.7 Å². The number of nitrogens with one attached hydrogen (secondary N) is 3. The molecule has 0 aliphatic rings. The molecule has 2 aromatic carbocycles. The van der Waals surface area contributed by atoms with Gasteiger partial charge in [-0.3, -0.25) is 4.99 Å². The van der Waals surface area contributed by atoms with Crippen LogP contribution in [0.25, 0.3) is 10.9 Å². The Morgan fingerprint density at radius 1 is 1.07 bits per heavy atom. The Morgan fingerprint density at radius 2 is 1.87 bits per heavy atom. The van der Waals surface area contributed by atoms with Gasteiger partial charge in [-0.2, -0.15) is 0 Å². The van der Waals surface area contributed by atoms with Gasteiger partial charge >= 0.3 is 0 Å². The topological polar surface area (TPSA) is 55.5 Å². The van der Waals surface area contributed by atoms with Crippen LogP contribution in [0.15, 0.2) is 47.6 Å². The van der Waals surface area contributed by atoms with E-state index in [1.807, 2.05) is 31.3 Å². The van der Waals surface area contributed by atoms with Gasteiger partial charge in [-0.05, 0) is 62.0 Å². The van der Waals surface area contributed by atoms with Gasteiger partial charge in [-0.15, -0.1) is 24.0 Å². The lowest BCUT2D eigenvalue weighted by atomic mass is 10.1. The largest absolute Gasteiger partial charge is 0.361 e. The second kappa shape index (κ2) is 11.3. The van der Waals surface area contributed by atoms with E-state index in [1.165, 1.54) is 12.1 Å². The van der Waals surface area contributed by atoms with E-state index in [2.05, 4.69) is 20.6 Å². The molecule has 1 aromatic heterocycles. The normalized spacial score (nSPS) is 11.6. The van der Waals surface area contributed by atoms with Crippen molar-refractivity contribution in [3.63, 3.8) is 0 Å². The summed E-state index contributed by atoms with van der Waals surface area (Å²) in [6.07, 6.45) is 2.64. The third kappa shape index (κ3) is 6.40. The second-order valence-electron chi connectivity index (χ2n) is 7.27. The predicted molar refractivity (Wildman–Crippen MR) is 129 cm³/mol. The van der Waals surface area contributed by atoms with Crippen LogP contribution in [0.2, 0.25) is 0 Å². The molecule has 3 N–H and O–H groups in total. The summed E-state index contributed by atoms with van der Waals surface area (Å²) in [7, 11) is 5.54. The number of halogens is 3. The Labute approximate surface area is 193 Å². The third-order valence-electron chi connectivity index (χ3n) is 4.70. The third-order valence-corrected chi connectivity index (χ3v) is 4.70. The molecule has 30 heavy (non-hydrogen) atoms. The van der Waals surface area contributed by atoms with Gasteiger partial charge in [0.25, 0.3) is 0 Å². The van der Waals surface area contributed by atoms with Gasteiger partial charge < -0.3 is 20.5 Å². The molecule has 0 saturated heterocycles. The summed E-state index contributed by atoms with van der Waals surface area (Å²) >= 11 is 0. The molecule has 0 saturated carbocycles. The first kappa shape index (κ1) is 24.1. The second-order valence-corrected chi connectivity index (χ2v) is 7.27. The van der Waals surface area contributed by atoms with E-state index in [0.29, 0.717) is 31.2 Å². The molecule has 0 radical (unpaired) electrons. The molecular formula is C22H28F2IN5. The average Bonchev–Trinajstić information content (AvgIpc) is 3.08. The van der Waals surface area contributed by atoms with Crippen LogP contribution in [0.5, 0.6) is 0 Å². The molecule has 0 aliphatic heterocycles. The highest BCUT2D eigenvalue weighted by Gasteiger charge is 2.07. The van der Waals surface area contributed by atoms with Crippen molar-refractivity contribution < 1.29 is 8.78 Å². The molecule has 162 valence electrons. The standard InChI is InChI=1S/C22H27F2N5.HI/c1-25-22(28-12-15-4-6-20(24)17(10-15)14-29(2)3)26-9-8-16-13-27-21-7-5-18(23)11-19(16)21;/h4-7,10-11,13,27H,8-9,12,14H2,1-3H3,(H2,25,26,28);1H. The van der Waals surface area contributed by atoms with Crippen molar-refractivity contribution in [3.05, 3.63) is 70.9 Å². The Kier molecular flexibility index (Phi) is 9.04. The minimum atomic E-state index is -0.239. The number of aliphatic imine (C=N–C) groups is 1. The summed E-state index contributed by atoms with van der Waals surface area (Å²) < 4.78 is 27.4. The molecule has 5 nitrogen and oxygen atoms in total. The fourth-order valence-electron chi connectivity index (χ4n) is 3.28. The average molecular weight is 527 g/mol. The van der Waals surface area contributed by atoms with Crippen LogP contribution in [0.1, 0.15) is 16.7 Å². The molecule has 0 unspecified atom stereocenters. The number of aromatic amines is 1. The zero-order valence-corrected chi connectivity index (χ0v) is 19.8. The SMILES string of the molecule is CN=C(NCCc1c[nH]c2ccc(F)cc12)NCc1ccc(F)c(CN(C)C)c1.I. The molecule has 0 fully saturated rings. The van der Waals surface area contributed by atoms with Gasteiger partial charge in [-0.1, -0.05) is 6.07 Å². The van der Waals surface area contributed by atoms with E-state index in [9.17, 15) is 8.78 Å².